The van der Waals surface area contributed by atoms with E-state index in [9.17, 15) is 14.4 Å². The molecule has 0 saturated heterocycles. The molecule has 6 nitrogen and oxygen atoms in total. The highest BCUT2D eigenvalue weighted by Crippen LogP contribution is 2.31. The Labute approximate surface area is 163 Å². The summed E-state index contributed by atoms with van der Waals surface area (Å²) >= 11 is 0. The molecule has 2 aromatic rings. The number of carbonyl (C=O) groups is 3. The van der Waals surface area contributed by atoms with Crippen molar-refractivity contribution in [2.75, 3.05) is 6.61 Å². The summed E-state index contributed by atoms with van der Waals surface area (Å²) < 4.78 is 10.6. The number of cyclic esters (lactones) is 1. The third kappa shape index (κ3) is 4.57. The molecule has 1 amide bonds. The van der Waals surface area contributed by atoms with Crippen molar-refractivity contribution in [3.63, 3.8) is 0 Å². The number of ether oxygens (including phenoxy) is 2. The maximum absolute atomic E-state index is 12.3. The number of rotatable bonds is 6. The first-order valence-corrected chi connectivity index (χ1v) is 9.33. The molecule has 0 aliphatic carbocycles. The fourth-order valence-corrected chi connectivity index (χ4v) is 3.01. The van der Waals surface area contributed by atoms with Gasteiger partial charge in [0, 0.05) is 12.5 Å². The van der Waals surface area contributed by atoms with Crippen molar-refractivity contribution in [1.29, 1.82) is 0 Å². The topological polar surface area (TPSA) is 81.7 Å². The van der Waals surface area contributed by atoms with Crippen LogP contribution in [0.2, 0.25) is 0 Å². The lowest BCUT2D eigenvalue weighted by Crippen LogP contribution is -2.35. The molecule has 1 aliphatic heterocycles. The van der Waals surface area contributed by atoms with E-state index in [0.717, 1.165) is 17.5 Å². The molecule has 1 aliphatic rings. The normalized spacial score (nSPS) is 16.5. The lowest BCUT2D eigenvalue weighted by Gasteiger charge is -2.25. The number of benzene rings is 2. The number of nitrogens with one attached hydrogen (secondary N) is 1. The van der Waals surface area contributed by atoms with Gasteiger partial charge in [-0.15, -0.1) is 0 Å². The van der Waals surface area contributed by atoms with E-state index in [0.29, 0.717) is 17.5 Å². The molecule has 0 fully saturated rings. The average molecular weight is 381 g/mol. The zero-order valence-electron chi connectivity index (χ0n) is 15.9. The predicted molar refractivity (Wildman–Crippen MR) is 103 cm³/mol. The van der Waals surface area contributed by atoms with Crippen LogP contribution in [-0.4, -0.2) is 30.5 Å². The van der Waals surface area contributed by atoms with Gasteiger partial charge in [0.2, 0.25) is 0 Å². The van der Waals surface area contributed by atoms with Gasteiger partial charge in [0.05, 0.1) is 11.1 Å². The second-order valence-corrected chi connectivity index (χ2v) is 6.83. The van der Waals surface area contributed by atoms with Gasteiger partial charge >= 0.3 is 11.9 Å². The molecule has 2 unspecified atom stereocenters. The standard InChI is InChI=1S/C22H23NO5/c1-3-14(2)23-20(24)13-27-21(25)16-9-10-18-17(11-16)12-19(28-22(18)26)15-7-5-4-6-8-15/h4-11,14,19H,3,12-13H2,1-2H3,(H,23,24). The Hall–Kier alpha value is -3.15. The Morgan fingerprint density at radius 2 is 1.96 bits per heavy atom. The summed E-state index contributed by atoms with van der Waals surface area (Å²) in [6.45, 7) is 3.50. The largest absolute Gasteiger partial charge is 0.454 e. The first-order valence-electron chi connectivity index (χ1n) is 9.33. The molecule has 0 spiro atoms. The molecule has 6 heteroatoms. The molecule has 2 atom stereocenters. The molecule has 0 bridgehead atoms. The van der Waals surface area contributed by atoms with E-state index in [1.807, 2.05) is 44.2 Å². The second-order valence-electron chi connectivity index (χ2n) is 6.83. The van der Waals surface area contributed by atoms with Gasteiger partial charge in [0.1, 0.15) is 6.10 Å². The molecular formula is C22H23NO5. The summed E-state index contributed by atoms with van der Waals surface area (Å²) in [7, 11) is 0. The summed E-state index contributed by atoms with van der Waals surface area (Å²) in [4.78, 5) is 36.4. The molecule has 1 heterocycles. The van der Waals surface area contributed by atoms with Gasteiger partial charge in [-0.2, -0.15) is 0 Å². The van der Waals surface area contributed by atoms with E-state index in [1.165, 1.54) is 6.07 Å². The van der Waals surface area contributed by atoms with Gasteiger partial charge in [-0.05, 0) is 42.7 Å². The third-order valence-corrected chi connectivity index (χ3v) is 4.74. The predicted octanol–water partition coefficient (Wildman–Crippen LogP) is 3.21. The van der Waals surface area contributed by atoms with Gasteiger partial charge in [-0.25, -0.2) is 9.59 Å². The maximum Gasteiger partial charge on any atom is 0.339 e. The molecule has 28 heavy (non-hydrogen) atoms. The van der Waals surface area contributed by atoms with Gasteiger partial charge in [-0.1, -0.05) is 37.3 Å². The Morgan fingerprint density at radius 3 is 2.68 bits per heavy atom. The van der Waals surface area contributed by atoms with Crippen LogP contribution in [0.25, 0.3) is 0 Å². The Morgan fingerprint density at radius 1 is 1.21 bits per heavy atom. The quantitative estimate of drug-likeness (QED) is 0.777. The molecule has 0 radical (unpaired) electrons. The fourth-order valence-electron chi connectivity index (χ4n) is 3.01. The third-order valence-electron chi connectivity index (χ3n) is 4.74. The van der Waals surface area contributed by atoms with E-state index in [1.54, 1.807) is 12.1 Å². The summed E-state index contributed by atoms with van der Waals surface area (Å²) in [5.74, 6) is -1.35. The minimum atomic E-state index is -0.600. The van der Waals surface area contributed by atoms with Crippen LogP contribution >= 0.6 is 0 Å². The smallest absolute Gasteiger partial charge is 0.339 e. The summed E-state index contributed by atoms with van der Waals surface area (Å²) in [6, 6.07) is 14.2. The van der Waals surface area contributed by atoms with Crippen LogP contribution in [-0.2, 0) is 20.7 Å². The van der Waals surface area contributed by atoms with Gasteiger partial charge < -0.3 is 14.8 Å². The summed E-state index contributed by atoms with van der Waals surface area (Å²) in [6.07, 6.45) is 0.873. The molecule has 1 N–H and O–H groups in total. The lowest BCUT2D eigenvalue weighted by molar-refractivity contribution is -0.124. The van der Waals surface area contributed by atoms with E-state index in [4.69, 9.17) is 9.47 Å². The number of amides is 1. The van der Waals surface area contributed by atoms with Crippen molar-refractivity contribution >= 4 is 17.8 Å². The van der Waals surface area contributed by atoms with Gasteiger partial charge in [0.15, 0.2) is 6.61 Å². The monoisotopic (exact) mass is 381 g/mol. The zero-order valence-corrected chi connectivity index (χ0v) is 15.9. The van der Waals surface area contributed by atoms with E-state index < -0.39 is 18.0 Å². The van der Waals surface area contributed by atoms with Crippen molar-refractivity contribution in [1.82, 2.24) is 5.32 Å². The number of carbonyl (C=O) groups excluding carboxylic acids is 3. The van der Waals surface area contributed by atoms with Crippen molar-refractivity contribution < 1.29 is 23.9 Å². The van der Waals surface area contributed by atoms with E-state index in [2.05, 4.69) is 5.32 Å². The Balaban J connectivity index is 1.69. The molecule has 0 aromatic heterocycles. The number of esters is 2. The summed E-state index contributed by atoms with van der Waals surface area (Å²) in [5, 5.41) is 2.74. The van der Waals surface area contributed by atoms with E-state index >= 15 is 0 Å². The minimum Gasteiger partial charge on any atom is -0.454 e. The average Bonchev–Trinajstić information content (AvgIpc) is 2.72. The number of fused-ring (bicyclic) bond motifs is 1. The van der Waals surface area contributed by atoms with Gasteiger partial charge in [-0.3, -0.25) is 4.79 Å². The van der Waals surface area contributed by atoms with E-state index in [-0.39, 0.29) is 18.6 Å². The van der Waals surface area contributed by atoms with Gasteiger partial charge in [0.25, 0.3) is 5.91 Å². The molecule has 3 rings (SSSR count). The highest BCUT2D eigenvalue weighted by Gasteiger charge is 2.28. The molecule has 2 aromatic carbocycles. The van der Waals surface area contributed by atoms with Crippen LogP contribution < -0.4 is 5.32 Å². The fraction of sp³-hybridized carbons (Fsp3) is 0.318. The van der Waals surface area contributed by atoms with Crippen LogP contribution in [0.3, 0.4) is 0 Å². The lowest BCUT2D eigenvalue weighted by atomic mass is 9.93. The minimum absolute atomic E-state index is 0.0240. The highest BCUT2D eigenvalue weighted by molar-refractivity contribution is 5.96. The highest BCUT2D eigenvalue weighted by atomic mass is 16.5. The van der Waals surface area contributed by atoms with Crippen LogP contribution in [0.15, 0.2) is 48.5 Å². The Bertz CT molecular complexity index is 878. The first-order chi connectivity index (χ1) is 13.5. The molecule has 146 valence electrons. The second kappa shape index (κ2) is 8.69. The van der Waals surface area contributed by atoms with Crippen molar-refractivity contribution in [3.05, 3.63) is 70.8 Å². The first kappa shape index (κ1) is 19.6. The molecule has 0 saturated carbocycles. The van der Waals surface area contributed by atoms with Crippen LogP contribution in [0.4, 0.5) is 0 Å². The summed E-state index contributed by atoms with van der Waals surface area (Å²) in [5.41, 5.74) is 2.37. The van der Waals surface area contributed by atoms with Crippen LogP contribution in [0.1, 0.15) is 58.2 Å². The number of hydrogen-bond donors (Lipinski definition) is 1. The maximum atomic E-state index is 12.3. The van der Waals surface area contributed by atoms with Crippen molar-refractivity contribution in [2.45, 2.75) is 38.8 Å². The van der Waals surface area contributed by atoms with Crippen molar-refractivity contribution in [3.8, 4) is 0 Å². The van der Waals surface area contributed by atoms with Crippen LogP contribution in [0, 0.1) is 0 Å². The van der Waals surface area contributed by atoms with Crippen molar-refractivity contribution in [2.24, 2.45) is 0 Å². The molecular weight excluding hydrogens is 358 g/mol. The number of hydrogen-bond acceptors (Lipinski definition) is 5. The Kier molecular flexibility index (Phi) is 6.09. The van der Waals surface area contributed by atoms with Crippen LogP contribution in [0.5, 0.6) is 0 Å². The SMILES string of the molecule is CCC(C)NC(=O)COC(=O)c1ccc2c(c1)CC(c1ccccc1)OC2=O. The zero-order chi connectivity index (χ0) is 20.1.